The number of phenolic OH excluding ortho intramolecular Hbond substituents is 1. The van der Waals surface area contributed by atoms with Gasteiger partial charge in [0.2, 0.25) is 0 Å². The topological polar surface area (TPSA) is 111 Å². The number of aromatic hydroxyl groups is 1. The quantitative estimate of drug-likeness (QED) is 0.466. The summed E-state index contributed by atoms with van der Waals surface area (Å²) in [6, 6.07) is 13.8. The van der Waals surface area contributed by atoms with E-state index in [1.807, 2.05) is 30.3 Å². The van der Waals surface area contributed by atoms with E-state index in [0.717, 1.165) is 11.1 Å². The Morgan fingerprint density at radius 1 is 1.15 bits per heavy atom. The van der Waals surface area contributed by atoms with Crippen molar-refractivity contribution in [3.63, 3.8) is 0 Å². The summed E-state index contributed by atoms with van der Waals surface area (Å²) in [5.41, 5.74) is 1.81. The SMILES string of the molecule is COc1cc(CNC[C@H](O)[C@H](Cc2ccccc2)NC(=O)O)ccc1O. The molecule has 0 aliphatic carbocycles. The molecule has 7 heteroatoms. The molecule has 2 atom stereocenters. The van der Waals surface area contributed by atoms with Crippen molar-refractivity contribution >= 4 is 6.09 Å². The Hall–Kier alpha value is -2.77. The zero-order valence-corrected chi connectivity index (χ0v) is 14.6. The van der Waals surface area contributed by atoms with Gasteiger partial charge in [-0.3, -0.25) is 0 Å². The van der Waals surface area contributed by atoms with E-state index in [1.165, 1.54) is 13.2 Å². The molecule has 2 rings (SSSR count). The number of phenols is 1. The number of aliphatic hydroxyl groups is 1. The second-order valence-electron chi connectivity index (χ2n) is 5.95. The molecule has 1 amide bonds. The number of nitrogens with one attached hydrogen (secondary N) is 2. The highest BCUT2D eigenvalue weighted by atomic mass is 16.5. The van der Waals surface area contributed by atoms with Gasteiger partial charge >= 0.3 is 6.09 Å². The van der Waals surface area contributed by atoms with Crippen LogP contribution in [0.1, 0.15) is 11.1 Å². The monoisotopic (exact) mass is 360 g/mol. The van der Waals surface area contributed by atoms with Crippen LogP contribution in [0.25, 0.3) is 0 Å². The molecule has 0 saturated carbocycles. The Morgan fingerprint density at radius 3 is 2.54 bits per heavy atom. The largest absolute Gasteiger partial charge is 0.504 e. The minimum Gasteiger partial charge on any atom is -0.504 e. The fourth-order valence-electron chi connectivity index (χ4n) is 2.65. The Morgan fingerprint density at radius 2 is 1.88 bits per heavy atom. The van der Waals surface area contributed by atoms with Gasteiger partial charge in [-0.15, -0.1) is 0 Å². The zero-order valence-electron chi connectivity index (χ0n) is 14.6. The van der Waals surface area contributed by atoms with Crippen LogP contribution in [0.3, 0.4) is 0 Å². The predicted octanol–water partition coefficient (Wildman–Crippen LogP) is 1.73. The number of amides is 1. The van der Waals surface area contributed by atoms with Gasteiger partial charge in [-0.2, -0.15) is 0 Å². The highest BCUT2D eigenvalue weighted by Crippen LogP contribution is 2.26. The zero-order chi connectivity index (χ0) is 18.9. The first-order chi connectivity index (χ1) is 12.5. The highest BCUT2D eigenvalue weighted by molar-refractivity contribution is 5.65. The van der Waals surface area contributed by atoms with E-state index < -0.39 is 18.2 Å². The molecular formula is C19H24N2O5. The molecule has 7 nitrogen and oxygen atoms in total. The van der Waals surface area contributed by atoms with Crippen molar-refractivity contribution in [3.8, 4) is 11.5 Å². The molecule has 2 aromatic carbocycles. The summed E-state index contributed by atoms with van der Waals surface area (Å²) in [5, 5.41) is 34.5. The molecule has 5 N–H and O–H groups in total. The molecule has 0 bridgehead atoms. The molecule has 2 aromatic rings. The number of benzene rings is 2. The molecule has 0 aliphatic heterocycles. The minimum absolute atomic E-state index is 0.0601. The van der Waals surface area contributed by atoms with E-state index in [1.54, 1.807) is 12.1 Å². The van der Waals surface area contributed by atoms with Crippen LogP contribution < -0.4 is 15.4 Å². The second-order valence-corrected chi connectivity index (χ2v) is 5.95. The number of hydrogen-bond acceptors (Lipinski definition) is 5. The molecular weight excluding hydrogens is 336 g/mol. The summed E-state index contributed by atoms with van der Waals surface area (Å²) in [7, 11) is 1.47. The Bertz CT molecular complexity index is 708. The van der Waals surface area contributed by atoms with Crippen molar-refractivity contribution < 1.29 is 24.9 Å². The van der Waals surface area contributed by atoms with Gasteiger partial charge in [0.25, 0.3) is 0 Å². The Kier molecular flexibility index (Phi) is 7.25. The maximum atomic E-state index is 11.0. The van der Waals surface area contributed by atoms with Gasteiger partial charge in [0.15, 0.2) is 11.5 Å². The molecule has 0 spiro atoms. The number of ether oxygens (including phenoxy) is 1. The number of carbonyl (C=O) groups is 1. The lowest BCUT2D eigenvalue weighted by molar-refractivity contribution is 0.117. The van der Waals surface area contributed by atoms with Crippen molar-refractivity contribution in [3.05, 3.63) is 59.7 Å². The van der Waals surface area contributed by atoms with Gasteiger partial charge in [-0.05, 0) is 29.7 Å². The lowest BCUT2D eigenvalue weighted by atomic mass is 10.0. The molecule has 0 aliphatic rings. The molecule has 0 fully saturated rings. The third-order valence-corrected chi connectivity index (χ3v) is 4.00. The second kappa shape index (κ2) is 9.65. The van der Waals surface area contributed by atoms with Crippen molar-refractivity contribution in [1.82, 2.24) is 10.6 Å². The summed E-state index contributed by atoms with van der Waals surface area (Å²) < 4.78 is 5.06. The van der Waals surface area contributed by atoms with Gasteiger partial charge in [-0.25, -0.2) is 4.79 Å². The van der Waals surface area contributed by atoms with Crippen LogP contribution >= 0.6 is 0 Å². The average molecular weight is 360 g/mol. The van der Waals surface area contributed by atoms with E-state index in [-0.39, 0.29) is 12.3 Å². The molecule has 140 valence electrons. The number of carboxylic acid groups (broad SMARTS) is 1. The average Bonchev–Trinajstić information content (AvgIpc) is 2.63. The fourth-order valence-corrected chi connectivity index (χ4v) is 2.65. The first-order valence-corrected chi connectivity index (χ1v) is 8.27. The first-order valence-electron chi connectivity index (χ1n) is 8.27. The van der Waals surface area contributed by atoms with Crippen LogP contribution in [0.15, 0.2) is 48.5 Å². The molecule has 0 saturated heterocycles. The molecule has 0 aromatic heterocycles. The third-order valence-electron chi connectivity index (χ3n) is 4.00. The van der Waals surface area contributed by atoms with Crippen LogP contribution in [0.2, 0.25) is 0 Å². The van der Waals surface area contributed by atoms with Gasteiger partial charge < -0.3 is 30.7 Å². The van der Waals surface area contributed by atoms with Crippen LogP contribution in [0.4, 0.5) is 4.79 Å². The Balaban J connectivity index is 1.91. The maximum Gasteiger partial charge on any atom is 0.404 e. The highest BCUT2D eigenvalue weighted by Gasteiger charge is 2.21. The Labute approximate surface area is 152 Å². The summed E-state index contributed by atoms with van der Waals surface area (Å²) in [4.78, 5) is 11.0. The molecule has 0 unspecified atom stereocenters. The third kappa shape index (κ3) is 5.94. The standard InChI is InChI=1S/C19H24N2O5/c1-26-18-10-14(7-8-16(18)22)11-20-12-17(23)15(21-19(24)25)9-13-5-3-2-4-6-13/h2-8,10,15,17,20-23H,9,11-12H2,1H3,(H,24,25)/t15-,17-/m0/s1. The van der Waals surface area contributed by atoms with E-state index >= 15 is 0 Å². The van der Waals surface area contributed by atoms with E-state index in [2.05, 4.69) is 10.6 Å². The summed E-state index contributed by atoms with van der Waals surface area (Å²) in [6.45, 7) is 0.653. The van der Waals surface area contributed by atoms with Crippen LogP contribution in [-0.4, -0.2) is 47.2 Å². The van der Waals surface area contributed by atoms with Crippen LogP contribution in [0.5, 0.6) is 11.5 Å². The van der Waals surface area contributed by atoms with Crippen molar-refractivity contribution in [2.24, 2.45) is 0 Å². The maximum absolute atomic E-state index is 11.0. The minimum atomic E-state index is -1.17. The van der Waals surface area contributed by atoms with Crippen LogP contribution in [0, 0.1) is 0 Å². The van der Waals surface area contributed by atoms with Crippen molar-refractivity contribution in [2.75, 3.05) is 13.7 Å². The number of aliphatic hydroxyl groups excluding tert-OH is 1. The summed E-state index contributed by atoms with van der Waals surface area (Å²) in [6.07, 6.45) is -1.68. The predicted molar refractivity (Wildman–Crippen MR) is 97.5 cm³/mol. The summed E-state index contributed by atoms with van der Waals surface area (Å²) >= 11 is 0. The molecule has 26 heavy (non-hydrogen) atoms. The number of rotatable bonds is 9. The van der Waals surface area contributed by atoms with E-state index in [0.29, 0.717) is 18.7 Å². The number of methoxy groups -OCH3 is 1. The van der Waals surface area contributed by atoms with E-state index in [4.69, 9.17) is 9.84 Å². The first kappa shape index (κ1) is 19.6. The number of hydrogen-bond donors (Lipinski definition) is 5. The van der Waals surface area contributed by atoms with Crippen molar-refractivity contribution in [1.29, 1.82) is 0 Å². The van der Waals surface area contributed by atoms with Gasteiger partial charge in [-0.1, -0.05) is 36.4 Å². The van der Waals surface area contributed by atoms with Crippen molar-refractivity contribution in [2.45, 2.75) is 25.1 Å². The van der Waals surface area contributed by atoms with Gasteiger partial charge in [0.1, 0.15) is 0 Å². The normalized spacial score (nSPS) is 13.0. The summed E-state index contributed by atoms with van der Waals surface area (Å²) in [5.74, 6) is 0.434. The molecule has 0 radical (unpaired) electrons. The smallest absolute Gasteiger partial charge is 0.404 e. The van der Waals surface area contributed by atoms with Crippen LogP contribution in [-0.2, 0) is 13.0 Å². The van der Waals surface area contributed by atoms with Gasteiger partial charge in [0.05, 0.1) is 19.3 Å². The lowest BCUT2D eigenvalue weighted by Crippen LogP contribution is -2.48. The van der Waals surface area contributed by atoms with Gasteiger partial charge in [0, 0.05) is 13.1 Å². The van der Waals surface area contributed by atoms with E-state index in [9.17, 15) is 15.0 Å². The molecule has 0 heterocycles. The fraction of sp³-hybridized carbons (Fsp3) is 0.316. The lowest BCUT2D eigenvalue weighted by Gasteiger charge is -2.23.